The van der Waals surface area contributed by atoms with Crippen LogP contribution >= 0.6 is 0 Å². The minimum atomic E-state index is 0.670. The SMILES string of the molecule is C=C1/C=C\C=C/CC(=C/C)/C(=C\C)O1. The van der Waals surface area contributed by atoms with Crippen molar-refractivity contribution in [1.29, 1.82) is 0 Å². The third-order valence-electron chi connectivity index (χ3n) is 2.04. The van der Waals surface area contributed by atoms with Gasteiger partial charge in [-0.2, -0.15) is 0 Å². The molecule has 1 aliphatic heterocycles. The second-order valence-electron chi connectivity index (χ2n) is 3.03. The van der Waals surface area contributed by atoms with Gasteiger partial charge in [0, 0.05) is 0 Å². The van der Waals surface area contributed by atoms with Gasteiger partial charge in [0.05, 0.1) is 0 Å². The third kappa shape index (κ3) is 2.77. The van der Waals surface area contributed by atoms with E-state index in [1.165, 1.54) is 5.57 Å². The van der Waals surface area contributed by atoms with E-state index in [9.17, 15) is 0 Å². The number of hydrogen-bond donors (Lipinski definition) is 0. The summed E-state index contributed by atoms with van der Waals surface area (Å²) in [5, 5.41) is 0. The molecule has 0 aromatic carbocycles. The van der Waals surface area contributed by atoms with Gasteiger partial charge < -0.3 is 4.74 Å². The highest BCUT2D eigenvalue weighted by Gasteiger charge is 2.05. The summed E-state index contributed by atoms with van der Waals surface area (Å²) in [6.45, 7) is 7.80. The predicted molar refractivity (Wildman–Crippen MR) is 60.6 cm³/mol. The first-order chi connectivity index (χ1) is 6.77. The Morgan fingerprint density at radius 3 is 2.71 bits per heavy atom. The number of hydrogen-bond acceptors (Lipinski definition) is 1. The molecule has 1 aliphatic rings. The van der Waals surface area contributed by atoms with E-state index >= 15 is 0 Å². The molecule has 0 unspecified atom stereocenters. The van der Waals surface area contributed by atoms with Gasteiger partial charge in [-0.15, -0.1) is 0 Å². The standard InChI is InChI=1S/C13H16O/c1-4-12-10-8-6-7-9-11(3)14-13(12)5-2/h4-9H,3,10H2,1-2H3/b8-6-,9-7-,12-4-,13-5+. The molecular formula is C13H16O. The molecule has 0 amide bonds. The van der Waals surface area contributed by atoms with Gasteiger partial charge in [-0.05, 0) is 38.0 Å². The first-order valence-corrected chi connectivity index (χ1v) is 4.79. The zero-order valence-corrected chi connectivity index (χ0v) is 8.79. The van der Waals surface area contributed by atoms with Crippen molar-refractivity contribution in [3.63, 3.8) is 0 Å². The summed E-state index contributed by atoms with van der Waals surface area (Å²) in [4.78, 5) is 0. The molecule has 0 bridgehead atoms. The lowest BCUT2D eigenvalue weighted by molar-refractivity contribution is 0.329. The lowest BCUT2D eigenvalue weighted by Crippen LogP contribution is -1.93. The van der Waals surface area contributed by atoms with Crippen molar-refractivity contribution in [1.82, 2.24) is 0 Å². The zero-order chi connectivity index (χ0) is 10.4. The quantitative estimate of drug-likeness (QED) is 0.560. The molecule has 0 aromatic heterocycles. The summed E-state index contributed by atoms with van der Waals surface area (Å²) >= 11 is 0. The summed E-state index contributed by atoms with van der Waals surface area (Å²) in [6.07, 6.45) is 12.8. The van der Waals surface area contributed by atoms with Crippen molar-refractivity contribution >= 4 is 0 Å². The van der Waals surface area contributed by atoms with Gasteiger partial charge in [0.1, 0.15) is 11.5 Å². The van der Waals surface area contributed by atoms with E-state index in [1.807, 2.05) is 38.2 Å². The van der Waals surface area contributed by atoms with Gasteiger partial charge in [-0.25, -0.2) is 0 Å². The number of ether oxygens (including phenoxy) is 1. The Labute approximate surface area is 85.8 Å². The molecule has 0 saturated carbocycles. The second kappa shape index (κ2) is 5.28. The minimum Gasteiger partial charge on any atom is -0.458 e. The van der Waals surface area contributed by atoms with Gasteiger partial charge in [-0.3, -0.25) is 0 Å². The van der Waals surface area contributed by atoms with Crippen LogP contribution in [-0.4, -0.2) is 0 Å². The molecule has 14 heavy (non-hydrogen) atoms. The number of allylic oxidation sites excluding steroid dienone is 7. The van der Waals surface area contributed by atoms with Crippen LogP contribution in [0.5, 0.6) is 0 Å². The average Bonchev–Trinajstić information content (AvgIpc) is 2.28. The Balaban J connectivity index is 2.96. The van der Waals surface area contributed by atoms with E-state index in [0.717, 1.165) is 12.2 Å². The van der Waals surface area contributed by atoms with Gasteiger partial charge in [0.25, 0.3) is 0 Å². The molecule has 0 radical (unpaired) electrons. The van der Waals surface area contributed by atoms with Crippen LogP contribution in [0.1, 0.15) is 20.3 Å². The van der Waals surface area contributed by atoms with E-state index in [4.69, 9.17) is 4.74 Å². The fraction of sp³-hybridized carbons (Fsp3) is 0.231. The Morgan fingerprint density at radius 1 is 1.29 bits per heavy atom. The molecule has 1 nitrogen and oxygen atoms in total. The smallest absolute Gasteiger partial charge is 0.126 e. The van der Waals surface area contributed by atoms with Crippen LogP contribution in [0.15, 0.2) is 60.1 Å². The maximum absolute atomic E-state index is 5.60. The normalized spacial score (nSPS) is 27.7. The molecule has 0 atom stereocenters. The summed E-state index contributed by atoms with van der Waals surface area (Å²) in [5.41, 5.74) is 1.19. The topological polar surface area (TPSA) is 9.23 Å². The van der Waals surface area contributed by atoms with E-state index in [0.29, 0.717) is 5.76 Å². The molecule has 0 saturated heterocycles. The molecule has 0 aliphatic carbocycles. The van der Waals surface area contributed by atoms with E-state index in [-0.39, 0.29) is 0 Å². The Morgan fingerprint density at radius 2 is 2.07 bits per heavy atom. The van der Waals surface area contributed by atoms with Crippen LogP contribution in [0.2, 0.25) is 0 Å². The van der Waals surface area contributed by atoms with Crippen molar-refractivity contribution in [2.75, 3.05) is 0 Å². The fourth-order valence-electron chi connectivity index (χ4n) is 1.28. The highest BCUT2D eigenvalue weighted by atomic mass is 16.5. The molecule has 0 aromatic rings. The van der Waals surface area contributed by atoms with E-state index in [2.05, 4.69) is 18.7 Å². The van der Waals surface area contributed by atoms with Crippen LogP contribution in [-0.2, 0) is 4.74 Å². The second-order valence-corrected chi connectivity index (χ2v) is 3.03. The van der Waals surface area contributed by atoms with Gasteiger partial charge in [-0.1, -0.05) is 30.9 Å². The van der Waals surface area contributed by atoms with E-state index in [1.54, 1.807) is 0 Å². The molecule has 1 heteroatoms. The Hall–Kier alpha value is -1.50. The van der Waals surface area contributed by atoms with Crippen molar-refractivity contribution in [2.24, 2.45) is 0 Å². The van der Waals surface area contributed by atoms with Crippen LogP contribution in [0.25, 0.3) is 0 Å². The number of rotatable bonds is 0. The molecule has 0 fully saturated rings. The minimum absolute atomic E-state index is 0.670. The van der Waals surface area contributed by atoms with Crippen LogP contribution < -0.4 is 0 Å². The van der Waals surface area contributed by atoms with Gasteiger partial charge >= 0.3 is 0 Å². The Kier molecular flexibility index (Phi) is 3.99. The summed E-state index contributed by atoms with van der Waals surface area (Å²) in [7, 11) is 0. The summed E-state index contributed by atoms with van der Waals surface area (Å²) in [5.74, 6) is 1.57. The fourth-order valence-corrected chi connectivity index (χ4v) is 1.28. The van der Waals surface area contributed by atoms with Gasteiger partial charge in [0.15, 0.2) is 0 Å². The van der Waals surface area contributed by atoms with Crippen molar-refractivity contribution < 1.29 is 4.74 Å². The lowest BCUT2D eigenvalue weighted by atomic mass is 10.1. The largest absolute Gasteiger partial charge is 0.458 e. The molecule has 1 rings (SSSR count). The highest BCUT2D eigenvalue weighted by molar-refractivity contribution is 5.31. The maximum Gasteiger partial charge on any atom is 0.126 e. The van der Waals surface area contributed by atoms with Crippen molar-refractivity contribution in [3.8, 4) is 0 Å². The average molecular weight is 188 g/mol. The predicted octanol–water partition coefficient (Wildman–Crippen LogP) is 3.88. The van der Waals surface area contributed by atoms with E-state index < -0.39 is 0 Å². The first kappa shape index (κ1) is 10.6. The molecular weight excluding hydrogens is 172 g/mol. The third-order valence-corrected chi connectivity index (χ3v) is 2.04. The molecule has 74 valence electrons. The van der Waals surface area contributed by atoms with Gasteiger partial charge in [0.2, 0.25) is 0 Å². The highest BCUT2D eigenvalue weighted by Crippen LogP contribution is 2.20. The van der Waals surface area contributed by atoms with Crippen LogP contribution in [0, 0.1) is 0 Å². The zero-order valence-electron chi connectivity index (χ0n) is 8.79. The summed E-state index contributed by atoms with van der Waals surface area (Å²) in [6, 6.07) is 0. The maximum atomic E-state index is 5.60. The lowest BCUT2D eigenvalue weighted by Gasteiger charge is -2.11. The Bertz CT molecular complexity index is 327. The monoisotopic (exact) mass is 188 g/mol. The molecule has 1 heterocycles. The van der Waals surface area contributed by atoms with Crippen molar-refractivity contribution in [3.05, 3.63) is 60.1 Å². The molecule has 0 spiro atoms. The van der Waals surface area contributed by atoms with Crippen molar-refractivity contribution in [2.45, 2.75) is 20.3 Å². The first-order valence-electron chi connectivity index (χ1n) is 4.79. The van der Waals surface area contributed by atoms with Crippen LogP contribution in [0.3, 0.4) is 0 Å². The van der Waals surface area contributed by atoms with Crippen LogP contribution in [0.4, 0.5) is 0 Å². The summed E-state index contributed by atoms with van der Waals surface area (Å²) < 4.78 is 5.60. The molecule has 0 N–H and O–H groups in total.